The molecule has 27 heavy (non-hydrogen) atoms. The predicted octanol–water partition coefficient (Wildman–Crippen LogP) is 2.67. The van der Waals surface area contributed by atoms with Crippen LogP contribution in [0.5, 0.6) is 5.75 Å². The second kappa shape index (κ2) is 7.94. The number of alkyl halides is 5. The van der Waals surface area contributed by atoms with E-state index in [-0.39, 0.29) is 36.2 Å². The number of nitrogens with zero attached hydrogens (tertiary/aromatic N) is 1. The lowest BCUT2D eigenvalue weighted by Gasteiger charge is -2.36. The Morgan fingerprint density at radius 3 is 2.30 bits per heavy atom. The first-order valence-corrected chi connectivity index (χ1v) is 8.07. The summed E-state index contributed by atoms with van der Waals surface area (Å²) in [6.07, 6.45) is -11.2. The molecule has 2 rings (SSSR count). The van der Waals surface area contributed by atoms with Gasteiger partial charge in [0.1, 0.15) is 11.4 Å². The first kappa shape index (κ1) is 21.3. The molecule has 1 aromatic carbocycles. The van der Waals surface area contributed by atoms with Crippen LogP contribution in [0.1, 0.15) is 0 Å². The van der Waals surface area contributed by atoms with Gasteiger partial charge in [-0.05, 0) is 40.2 Å². The van der Waals surface area contributed by atoms with Gasteiger partial charge >= 0.3 is 12.3 Å². The summed E-state index contributed by atoms with van der Waals surface area (Å²) >= 11 is 2.82. The quantitative estimate of drug-likeness (QED) is 0.234. The molecule has 0 bridgehead atoms. The third-order valence-corrected chi connectivity index (χ3v) is 3.41. The number of guanidine groups is 1. The average Bonchev–Trinajstić information content (AvgIpc) is 2.51. The second-order valence-electron chi connectivity index (χ2n) is 5.59. The molecular weight excluding hydrogens is 447 g/mol. The number of rotatable bonds is 5. The van der Waals surface area contributed by atoms with Gasteiger partial charge in [-0.3, -0.25) is 5.41 Å². The normalized spacial score (nSPS) is 17.1. The minimum atomic E-state index is -5.84. The Kier molecular flexibility index (Phi) is 6.27. The molecule has 1 fully saturated rings. The molecule has 0 spiro atoms. The lowest BCUT2D eigenvalue weighted by atomic mass is 10.0. The highest BCUT2D eigenvalue weighted by molar-refractivity contribution is 9.18. The number of aliphatic imine (C=N–C) groups is 1. The fourth-order valence-corrected chi connectivity index (χ4v) is 2.02. The molecule has 0 saturated carbocycles. The lowest BCUT2D eigenvalue weighted by molar-refractivity contribution is -0.360. The Labute approximate surface area is 158 Å². The number of hydrogen-bond acceptors (Lipinski definition) is 4. The van der Waals surface area contributed by atoms with Gasteiger partial charge in [-0.2, -0.15) is 26.9 Å². The van der Waals surface area contributed by atoms with E-state index in [1.54, 1.807) is 0 Å². The largest absolute Gasteiger partial charge is 0.499 e. The number of ether oxygens (including phenoxy) is 2. The van der Waals surface area contributed by atoms with Crippen molar-refractivity contribution < 1.29 is 36.5 Å². The van der Waals surface area contributed by atoms with E-state index in [4.69, 9.17) is 10.1 Å². The number of hydrogen-bond donors (Lipinski definition) is 4. The van der Waals surface area contributed by atoms with Crippen molar-refractivity contribution in [2.75, 3.05) is 25.1 Å². The van der Waals surface area contributed by atoms with E-state index in [0.29, 0.717) is 0 Å². The number of anilines is 1. The minimum Gasteiger partial charge on any atom is -0.426 e. The summed E-state index contributed by atoms with van der Waals surface area (Å²) in [5.74, 6) is -0.657. The molecule has 1 aliphatic heterocycles. The molecule has 0 radical (unpaired) electrons. The maximum atomic E-state index is 12.9. The van der Waals surface area contributed by atoms with E-state index in [0.717, 1.165) is 12.1 Å². The molecule has 1 heterocycles. The van der Waals surface area contributed by atoms with E-state index in [9.17, 15) is 27.1 Å². The van der Waals surface area contributed by atoms with Gasteiger partial charge in [-0.1, -0.05) is 0 Å². The van der Waals surface area contributed by atoms with E-state index in [2.05, 4.69) is 36.3 Å². The summed E-state index contributed by atoms with van der Waals surface area (Å²) < 4.78 is 70.5. The molecule has 13 heteroatoms. The van der Waals surface area contributed by atoms with Crippen LogP contribution >= 0.6 is 15.9 Å². The molecule has 0 unspecified atom stereocenters. The Morgan fingerprint density at radius 2 is 1.85 bits per heavy atom. The van der Waals surface area contributed by atoms with Crippen molar-refractivity contribution in [1.29, 1.82) is 5.41 Å². The monoisotopic (exact) mass is 460 g/mol. The first-order valence-electron chi connectivity index (χ1n) is 7.28. The zero-order chi connectivity index (χ0) is 20.3. The van der Waals surface area contributed by atoms with Gasteiger partial charge in [0.05, 0.1) is 19.8 Å². The third kappa shape index (κ3) is 6.01. The smallest absolute Gasteiger partial charge is 0.426 e. The Hall–Kier alpha value is -1.99. The molecular formula is C14H14BrF5N4O3. The van der Waals surface area contributed by atoms with Gasteiger partial charge in [-0.15, -0.1) is 0 Å². The van der Waals surface area contributed by atoms with Crippen molar-refractivity contribution in [2.45, 2.75) is 17.9 Å². The summed E-state index contributed by atoms with van der Waals surface area (Å²) in [6.45, 7) is 0.301. The average molecular weight is 461 g/mol. The van der Waals surface area contributed by atoms with Crippen molar-refractivity contribution in [3.63, 3.8) is 0 Å². The van der Waals surface area contributed by atoms with E-state index in [1.165, 1.54) is 12.1 Å². The summed E-state index contributed by atoms with van der Waals surface area (Å²) in [7, 11) is 0. The van der Waals surface area contributed by atoms with Gasteiger partial charge in [-0.25, -0.2) is 0 Å². The highest BCUT2D eigenvalue weighted by atomic mass is 79.9. The van der Waals surface area contributed by atoms with Gasteiger partial charge < -0.3 is 25.2 Å². The fourth-order valence-electron chi connectivity index (χ4n) is 1.85. The van der Waals surface area contributed by atoms with Crippen LogP contribution < -0.4 is 15.4 Å². The molecule has 1 saturated heterocycles. The van der Waals surface area contributed by atoms with Crippen molar-refractivity contribution >= 4 is 32.3 Å². The van der Waals surface area contributed by atoms with Crippen LogP contribution in [-0.2, 0) is 4.74 Å². The van der Waals surface area contributed by atoms with Crippen molar-refractivity contribution in [1.82, 2.24) is 5.32 Å². The topological polar surface area (TPSA) is 99.0 Å². The summed E-state index contributed by atoms with van der Waals surface area (Å²) in [5.41, 5.74) is -0.827. The van der Waals surface area contributed by atoms with Crippen molar-refractivity contribution in [3.05, 3.63) is 24.3 Å². The zero-order valence-corrected chi connectivity index (χ0v) is 15.0. The van der Waals surface area contributed by atoms with E-state index in [1.807, 2.05) is 0 Å². The second-order valence-corrected chi connectivity index (χ2v) is 6.34. The predicted molar refractivity (Wildman–Crippen MR) is 89.6 cm³/mol. The van der Waals surface area contributed by atoms with Crippen molar-refractivity contribution in [2.24, 2.45) is 4.99 Å². The number of halogens is 6. The number of amidine groups is 1. The summed E-state index contributed by atoms with van der Waals surface area (Å²) in [6, 6.07) is 4.18. The number of aliphatic hydroxyl groups is 1. The van der Waals surface area contributed by atoms with Gasteiger partial charge in [0, 0.05) is 5.69 Å². The summed E-state index contributed by atoms with van der Waals surface area (Å²) in [5, 5.41) is 22.7. The molecule has 1 aliphatic rings. The maximum Gasteiger partial charge on any atom is 0.499 e. The molecule has 7 nitrogen and oxygen atoms in total. The van der Waals surface area contributed by atoms with Crippen LogP contribution in [0.2, 0.25) is 0 Å². The van der Waals surface area contributed by atoms with Crippen LogP contribution in [0.15, 0.2) is 29.3 Å². The van der Waals surface area contributed by atoms with Gasteiger partial charge in [0.15, 0.2) is 4.74 Å². The van der Waals surface area contributed by atoms with Crippen LogP contribution in [0.3, 0.4) is 0 Å². The Morgan fingerprint density at radius 1 is 1.26 bits per heavy atom. The third-order valence-electron chi connectivity index (χ3n) is 3.23. The molecule has 0 atom stereocenters. The molecule has 4 N–H and O–H groups in total. The van der Waals surface area contributed by atoms with Gasteiger partial charge in [0.25, 0.3) is 0 Å². The summed E-state index contributed by atoms with van der Waals surface area (Å²) in [4.78, 5) is 3.79. The highest BCUT2D eigenvalue weighted by Gasteiger charge is 2.61. The first-order chi connectivity index (χ1) is 12.4. The number of benzene rings is 1. The molecule has 0 aromatic heterocycles. The SMILES string of the molecule is N=C(Br)/N=C(/NCC1(O)COC1)Nc1ccc(OC(F)(F)C(F)(F)F)cc1. The molecule has 0 amide bonds. The highest BCUT2D eigenvalue weighted by Crippen LogP contribution is 2.37. The lowest BCUT2D eigenvalue weighted by Crippen LogP contribution is -2.57. The van der Waals surface area contributed by atoms with Crippen LogP contribution in [0.25, 0.3) is 0 Å². The number of nitrogens with one attached hydrogen (secondary N) is 3. The van der Waals surface area contributed by atoms with Crippen LogP contribution in [0.4, 0.5) is 27.6 Å². The fraction of sp³-hybridized carbons (Fsp3) is 0.429. The maximum absolute atomic E-state index is 12.9. The van der Waals surface area contributed by atoms with Crippen LogP contribution in [0, 0.1) is 5.41 Å². The Balaban J connectivity index is 2.02. The molecule has 150 valence electrons. The standard InChI is InChI=1S/C14H14BrF5N4O3/c15-10(21)24-11(22-5-12(25)6-26-7-12)23-8-1-3-9(4-2-8)27-14(19,20)13(16,17)18/h1-4,25H,5-7H2,(H3,21,22,23,24). The van der Waals surface area contributed by atoms with E-state index >= 15 is 0 Å². The Bertz CT molecular complexity index is 708. The van der Waals surface area contributed by atoms with Crippen LogP contribution in [-0.4, -0.2) is 53.5 Å². The minimum absolute atomic E-state index is 0.0338. The van der Waals surface area contributed by atoms with Crippen molar-refractivity contribution in [3.8, 4) is 5.75 Å². The molecule has 0 aliphatic carbocycles. The molecule has 1 aromatic rings. The van der Waals surface area contributed by atoms with E-state index < -0.39 is 23.6 Å². The van der Waals surface area contributed by atoms with Gasteiger partial charge in [0.2, 0.25) is 5.96 Å². The zero-order valence-electron chi connectivity index (χ0n) is 13.4.